The van der Waals surface area contributed by atoms with Crippen molar-refractivity contribution in [2.24, 2.45) is 0 Å². The van der Waals surface area contributed by atoms with Crippen LogP contribution >= 0.6 is 0 Å². The Morgan fingerprint density at radius 3 is 2.50 bits per heavy atom. The first kappa shape index (κ1) is 20.8. The number of nitrogens with zero attached hydrogens (tertiary/aromatic N) is 2. The van der Waals surface area contributed by atoms with Gasteiger partial charge in [-0.3, -0.25) is 5.10 Å². The van der Waals surface area contributed by atoms with E-state index in [4.69, 9.17) is 4.74 Å². The third kappa shape index (κ3) is 4.20. The molecular weight excluding hydrogens is 398 g/mol. The van der Waals surface area contributed by atoms with Gasteiger partial charge in [-0.05, 0) is 62.8 Å². The molecule has 8 heteroatoms. The molecule has 4 rings (SSSR count). The van der Waals surface area contributed by atoms with E-state index in [1.807, 2.05) is 7.05 Å². The van der Waals surface area contributed by atoms with Gasteiger partial charge in [0.1, 0.15) is 5.82 Å². The average Bonchev–Trinajstić information content (AvgIpc) is 3.18. The van der Waals surface area contributed by atoms with Gasteiger partial charge in [0, 0.05) is 16.4 Å². The molecule has 3 aromatic rings. The molecule has 1 aromatic heterocycles. The summed E-state index contributed by atoms with van der Waals surface area (Å²) in [4.78, 5) is 2.22. The van der Waals surface area contributed by atoms with Crippen LogP contribution in [0.25, 0.3) is 10.9 Å². The lowest BCUT2D eigenvalue weighted by molar-refractivity contribution is -0.137. The molecule has 1 aliphatic heterocycles. The van der Waals surface area contributed by atoms with E-state index in [9.17, 15) is 17.6 Å². The van der Waals surface area contributed by atoms with E-state index in [1.165, 1.54) is 18.3 Å². The fourth-order valence-electron chi connectivity index (χ4n) is 4.13. The number of alkyl halides is 3. The number of nitrogens with one attached hydrogen (secondary N) is 1. The van der Waals surface area contributed by atoms with Gasteiger partial charge in [-0.15, -0.1) is 0 Å². The molecule has 160 valence electrons. The Labute approximate surface area is 171 Å². The molecule has 1 saturated heterocycles. The molecule has 4 nitrogen and oxygen atoms in total. The summed E-state index contributed by atoms with van der Waals surface area (Å²) in [6.45, 7) is 2.12. The van der Waals surface area contributed by atoms with Crippen molar-refractivity contribution in [1.29, 1.82) is 0 Å². The quantitative estimate of drug-likeness (QED) is 0.596. The van der Waals surface area contributed by atoms with E-state index in [0.717, 1.165) is 43.6 Å². The highest BCUT2D eigenvalue weighted by Gasteiger charge is 2.36. The monoisotopic (exact) mass is 421 g/mol. The molecule has 0 amide bonds. The van der Waals surface area contributed by atoms with Crippen molar-refractivity contribution >= 4 is 10.9 Å². The van der Waals surface area contributed by atoms with Gasteiger partial charge in [0.05, 0.1) is 30.5 Å². The molecule has 0 unspecified atom stereocenters. The van der Waals surface area contributed by atoms with Crippen molar-refractivity contribution in [1.82, 2.24) is 15.1 Å². The van der Waals surface area contributed by atoms with E-state index < -0.39 is 11.7 Å². The maximum Gasteiger partial charge on any atom is 0.416 e. The zero-order chi connectivity index (χ0) is 21.4. The second kappa shape index (κ2) is 8.00. The fraction of sp³-hybridized carbons (Fsp3) is 0.409. The van der Waals surface area contributed by atoms with Gasteiger partial charge in [0.15, 0.2) is 0 Å². The van der Waals surface area contributed by atoms with Crippen molar-refractivity contribution in [3.8, 4) is 0 Å². The molecule has 0 saturated carbocycles. The van der Waals surface area contributed by atoms with Crippen LogP contribution < -0.4 is 0 Å². The third-order valence-corrected chi connectivity index (χ3v) is 5.99. The zero-order valence-corrected chi connectivity index (χ0v) is 16.6. The molecule has 0 atom stereocenters. The van der Waals surface area contributed by atoms with E-state index in [2.05, 4.69) is 15.1 Å². The van der Waals surface area contributed by atoms with Crippen molar-refractivity contribution in [2.75, 3.05) is 26.7 Å². The second-order valence-corrected chi connectivity index (χ2v) is 8.05. The molecule has 0 aliphatic carbocycles. The summed E-state index contributed by atoms with van der Waals surface area (Å²) in [7, 11) is 2.05. The van der Waals surface area contributed by atoms with Crippen LogP contribution in [0.2, 0.25) is 0 Å². The number of likely N-dealkylation sites (tertiary alicyclic amines) is 1. The van der Waals surface area contributed by atoms with Gasteiger partial charge in [0.25, 0.3) is 0 Å². The van der Waals surface area contributed by atoms with Crippen molar-refractivity contribution in [3.05, 3.63) is 65.1 Å². The number of H-pyrrole nitrogens is 1. The highest BCUT2D eigenvalue weighted by molar-refractivity contribution is 5.82. The highest BCUT2D eigenvalue weighted by Crippen LogP contribution is 2.37. The molecule has 2 heterocycles. The minimum absolute atomic E-state index is 0.0292. The summed E-state index contributed by atoms with van der Waals surface area (Å²) < 4.78 is 59.2. The normalized spacial score (nSPS) is 17.5. The summed E-state index contributed by atoms with van der Waals surface area (Å²) in [5.41, 5.74) is 0.937. The molecule has 0 radical (unpaired) electrons. The first-order valence-electron chi connectivity index (χ1n) is 9.82. The number of benzene rings is 2. The van der Waals surface area contributed by atoms with Crippen LogP contribution in [0.4, 0.5) is 17.6 Å². The number of ether oxygens (including phenoxy) is 1. The molecule has 2 aromatic carbocycles. The molecular formula is C22H23F4N3O. The maximum absolute atomic E-state index is 13.4. The number of hydrogen-bond donors (Lipinski definition) is 1. The van der Waals surface area contributed by atoms with Crippen LogP contribution in [0.5, 0.6) is 0 Å². The van der Waals surface area contributed by atoms with Crippen LogP contribution in [0.15, 0.2) is 42.6 Å². The van der Waals surface area contributed by atoms with Crippen LogP contribution in [0.3, 0.4) is 0 Å². The van der Waals surface area contributed by atoms with E-state index in [1.54, 1.807) is 12.1 Å². The van der Waals surface area contributed by atoms with Crippen molar-refractivity contribution < 1.29 is 22.3 Å². The number of aromatic nitrogens is 2. The topological polar surface area (TPSA) is 41.1 Å². The number of piperidine rings is 1. The Kier molecular flexibility index (Phi) is 5.55. The van der Waals surface area contributed by atoms with Gasteiger partial charge in [-0.2, -0.15) is 18.3 Å². The van der Waals surface area contributed by atoms with Crippen molar-refractivity contribution in [3.63, 3.8) is 0 Å². The summed E-state index contributed by atoms with van der Waals surface area (Å²) in [6, 6.07) is 8.63. The summed E-state index contributed by atoms with van der Waals surface area (Å²) in [5.74, 6) is -0.298. The largest absolute Gasteiger partial charge is 0.416 e. The number of hydrogen-bond acceptors (Lipinski definition) is 3. The summed E-state index contributed by atoms with van der Waals surface area (Å²) in [5, 5.41) is 7.03. The van der Waals surface area contributed by atoms with Crippen LogP contribution in [0, 0.1) is 5.82 Å². The van der Waals surface area contributed by atoms with Crippen LogP contribution in [-0.4, -0.2) is 41.8 Å². The van der Waals surface area contributed by atoms with Gasteiger partial charge >= 0.3 is 6.18 Å². The SMILES string of the molecule is CN1CCC(COCc2cc(C(F)(F)F)cc3cn[nH]c23)(c2ccc(F)cc2)CC1. The second-order valence-electron chi connectivity index (χ2n) is 8.05. The number of fused-ring (bicyclic) bond motifs is 1. The minimum Gasteiger partial charge on any atom is -0.376 e. The van der Waals surface area contributed by atoms with Gasteiger partial charge in [-0.1, -0.05) is 12.1 Å². The van der Waals surface area contributed by atoms with Crippen LogP contribution in [0.1, 0.15) is 29.5 Å². The molecule has 1 N–H and O–H groups in total. The third-order valence-electron chi connectivity index (χ3n) is 5.99. The van der Waals surface area contributed by atoms with Gasteiger partial charge < -0.3 is 9.64 Å². The lowest BCUT2D eigenvalue weighted by Gasteiger charge is -2.41. The predicted molar refractivity (Wildman–Crippen MR) is 106 cm³/mol. The minimum atomic E-state index is -4.44. The van der Waals surface area contributed by atoms with Gasteiger partial charge in [-0.25, -0.2) is 4.39 Å². The summed E-state index contributed by atoms with van der Waals surface area (Å²) in [6.07, 6.45) is -1.40. The first-order chi connectivity index (χ1) is 14.3. The van der Waals surface area contributed by atoms with Crippen molar-refractivity contribution in [2.45, 2.75) is 31.0 Å². The molecule has 1 fully saturated rings. The fourth-order valence-corrected chi connectivity index (χ4v) is 4.13. The van der Waals surface area contributed by atoms with E-state index in [-0.39, 0.29) is 17.8 Å². The van der Waals surface area contributed by atoms with Crippen LogP contribution in [-0.2, 0) is 22.9 Å². The molecule has 0 bridgehead atoms. The zero-order valence-electron chi connectivity index (χ0n) is 16.6. The molecule has 0 spiro atoms. The van der Waals surface area contributed by atoms with E-state index >= 15 is 0 Å². The average molecular weight is 421 g/mol. The predicted octanol–water partition coefficient (Wildman–Crippen LogP) is 4.90. The summed E-state index contributed by atoms with van der Waals surface area (Å²) >= 11 is 0. The Bertz CT molecular complexity index is 1010. The standard InChI is InChI=1S/C22H23F4N3O/c1-29-8-6-21(7-9-29,17-2-4-19(23)5-3-17)14-30-13-16-11-18(22(24,25)26)10-15-12-27-28-20(15)16/h2-5,10-12H,6-9,13-14H2,1H3,(H,27,28). The molecule has 30 heavy (non-hydrogen) atoms. The number of aromatic amines is 1. The maximum atomic E-state index is 13.4. The Balaban J connectivity index is 1.57. The smallest absolute Gasteiger partial charge is 0.376 e. The highest BCUT2D eigenvalue weighted by atomic mass is 19.4. The van der Waals surface area contributed by atoms with Gasteiger partial charge in [0.2, 0.25) is 0 Å². The number of rotatable bonds is 5. The number of halogens is 4. The Morgan fingerprint density at radius 1 is 1.13 bits per heavy atom. The first-order valence-corrected chi connectivity index (χ1v) is 9.82. The Morgan fingerprint density at radius 2 is 1.83 bits per heavy atom. The van der Waals surface area contributed by atoms with E-state index in [0.29, 0.717) is 23.1 Å². The Hall–Kier alpha value is -2.45. The molecule has 1 aliphatic rings. The lowest BCUT2D eigenvalue weighted by atomic mass is 9.73. The lowest BCUT2D eigenvalue weighted by Crippen LogP contribution is -2.43.